The molecule has 16 heavy (non-hydrogen) atoms. The van der Waals surface area contributed by atoms with Gasteiger partial charge in [-0.2, -0.15) is 13.2 Å². The third-order valence-corrected chi connectivity index (χ3v) is 2.82. The van der Waals surface area contributed by atoms with Crippen LogP contribution >= 0.6 is 0 Å². The Balaban J connectivity index is 2.45. The van der Waals surface area contributed by atoms with E-state index in [-0.39, 0.29) is 0 Å². The number of hydrogen-bond acceptors (Lipinski definition) is 2. The van der Waals surface area contributed by atoms with Gasteiger partial charge in [0.15, 0.2) is 0 Å². The molecule has 5 heteroatoms. The summed E-state index contributed by atoms with van der Waals surface area (Å²) in [5.74, 6) is 0. The first-order valence-corrected chi connectivity index (χ1v) is 4.99. The predicted molar refractivity (Wildman–Crippen MR) is 51.9 cm³/mol. The van der Waals surface area contributed by atoms with E-state index in [1.807, 2.05) is 0 Å². The molecule has 1 aliphatic carbocycles. The molecular formula is C11H12F3NO. The highest BCUT2D eigenvalue weighted by atomic mass is 19.4. The van der Waals surface area contributed by atoms with Gasteiger partial charge in [0.05, 0.1) is 5.69 Å². The second-order valence-corrected chi connectivity index (χ2v) is 4.11. The molecule has 0 saturated heterocycles. The molecule has 1 heterocycles. The molecule has 2 rings (SSSR count). The first-order chi connectivity index (χ1) is 7.37. The molecule has 0 amide bonds. The Labute approximate surface area is 91.4 Å². The first-order valence-electron chi connectivity index (χ1n) is 4.99. The van der Waals surface area contributed by atoms with Gasteiger partial charge in [0.2, 0.25) is 0 Å². The summed E-state index contributed by atoms with van der Waals surface area (Å²) < 4.78 is 42.9. The molecule has 1 aliphatic rings. The minimum atomic E-state index is -4.40. The fraction of sp³-hybridized carbons (Fsp3) is 0.545. The molecule has 1 saturated carbocycles. The van der Waals surface area contributed by atoms with E-state index in [1.165, 1.54) is 7.11 Å². The number of nitrogens with zero attached hydrogens (tertiary/aromatic N) is 1. The Hall–Kier alpha value is -1.10. The van der Waals surface area contributed by atoms with E-state index < -0.39 is 17.5 Å². The van der Waals surface area contributed by atoms with Crippen molar-refractivity contribution in [2.24, 2.45) is 0 Å². The van der Waals surface area contributed by atoms with Crippen LogP contribution in [0.2, 0.25) is 0 Å². The second kappa shape index (κ2) is 3.45. The van der Waals surface area contributed by atoms with Crippen LogP contribution in [0.15, 0.2) is 12.1 Å². The van der Waals surface area contributed by atoms with E-state index in [0.29, 0.717) is 11.3 Å². The summed E-state index contributed by atoms with van der Waals surface area (Å²) in [7, 11) is 1.50. The second-order valence-electron chi connectivity index (χ2n) is 4.11. The van der Waals surface area contributed by atoms with Gasteiger partial charge in [0, 0.05) is 7.11 Å². The van der Waals surface area contributed by atoms with Crippen molar-refractivity contribution in [2.45, 2.75) is 31.5 Å². The van der Waals surface area contributed by atoms with Crippen molar-refractivity contribution in [3.05, 3.63) is 29.1 Å². The molecular weight excluding hydrogens is 219 g/mol. The SMILES string of the molecule is COC1(c2cc(C)cc(C(F)(F)F)n2)CC1. The zero-order valence-corrected chi connectivity index (χ0v) is 9.06. The maximum absolute atomic E-state index is 12.6. The normalized spacial score (nSPS) is 18.6. The summed E-state index contributed by atoms with van der Waals surface area (Å²) in [5, 5.41) is 0. The van der Waals surface area contributed by atoms with Crippen molar-refractivity contribution in [3.63, 3.8) is 0 Å². The average molecular weight is 231 g/mol. The topological polar surface area (TPSA) is 22.1 Å². The maximum atomic E-state index is 12.6. The molecule has 0 unspecified atom stereocenters. The third-order valence-electron chi connectivity index (χ3n) is 2.82. The number of alkyl halides is 3. The van der Waals surface area contributed by atoms with Crippen molar-refractivity contribution in [1.29, 1.82) is 0 Å². The number of methoxy groups -OCH3 is 1. The van der Waals surface area contributed by atoms with E-state index in [1.54, 1.807) is 13.0 Å². The molecule has 1 aromatic rings. The van der Waals surface area contributed by atoms with Gasteiger partial charge in [-0.15, -0.1) is 0 Å². The Kier molecular flexibility index (Phi) is 2.45. The van der Waals surface area contributed by atoms with Gasteiger partial charge in [-0.05, 0) is 37.5 Å². The lowest BCUT2D eigenvalue weighted by Gasteiger charge is -2.15. The first kappa shape index (κ1) is 11.4. The lowest BCUT2D eigenvalue weighted by Crippen LogP contribution is -2.16. The van der Waals surface area contributed by atoms with Crippen LogP contribution in [0, 0.1) is 6.92 Å². The van der Waals surface area contributed by atoms with Crippen LogP contribution in [0.1, 0.15) is 29.8 Å². The number of ether oxygens (including phenoxy) is 1. The Morgan fingerprint density at radius 1 is 1.31 bits per heavy atom. The van der Waals surface area contributed by atoms with Gasteiger partial charge in [-0.1, -0.05) is 0 Å². The fourth-order valence-corrected chi connectivity index (χ4v) is 1.72. The minimum absolute atomic E-state index is 0.391. The van der Waals surface area contributed by atoms with E-state index in [4.69, 9.17) is 4.74 Å². The average Bonchev–Trinajstić information content (AvgIpc) is 2.96. The smallest absolute Gasteiger partial charge is 0.372 e. The van der Waals surface area contributed by atoms with Crippen LogP contribution < -0.4 is 0 Å². The molecule has 0 spiro atoms. The van der Waals surface area contributed by atoms with Crippen molar-refractivity contribution >= 4 is 0 Å². The number of halogens is 3. The minimum Gasteiger partial charge on any atom is -0.372 e. The molecule has 0 bridgehead atoms. The number of rotatable bonds is 2. The molecule has 2 nitrogen and oxygen atoms in total. The van der Waals surface area contributed by atoms with Crippen LogP contribution in [-0.2, 0) is 16.5 Å². The summed E-state index contributed by atoms with van der Waals surface area (Å²) in [6.45, 7) is 1.63. The zero-order valence-electron chi connectivity index (χ0n) is 9.06. The standard InChI is InChI=1S/C11H12F3NO/c1-7-5-8(10(16-2)3-4-10)15-9(6-7)11(12,13)14/h5-6H,3-4H2,1-2H3. The zero-order chi connectivity index (χ0) is 12.0. The van der Waals surface area contributed by atoms with Crippen molar-refractivity contribution in [2.75, 3.05) is 7.11 Å². The summed E-state index contributed by atoms with van der Waals surface area (Å²) in [6, 6.07) is 2.71. The van der Waals surface area contributed by atoms with E-state index in [0.717, 1.165) is 18.9 Å². The van der Waals surface area contributed by atoms with Gasteiger partial charge in [-0.25, -0.2) is 4.98 Å². The number of pyridine rings is 1. The Bertz CT molecular complexity index is 410. The van der Waals surface area contributed by atoms with Gasteiger partial charge in [0.1, 0.15) is 11.3 Å². The van der Waals surface area contributed by atoms with Crippen molar-refractivity contribution in [1.82, 2.24) is 4.98 Å². The van der Waals surface area contributed by atoms with Crippen molar-refractivity contribution < 1.29 is 17.9 Å². The molecule has 88 valence electrons. The molecule has 1 aromatic heterocycles. The van der Waals surface area contributed by atoms with Crippen LogP contribution in [-0.4, -0.2) is 12.1 Å². The lowest BCUT2D eigenvalue weighted by atomic mass is 10.1. The predicted octanol–water partition coefficient (Wildman–Crippen LogP) is 3.04. The monoisotopic (exact) mass is 231 g/mol. The fourth-order valence-electron chi connectivity index (χ4n) is 1.72. The number of aryl methyl sites for hydroxylation is 1. The number of hydrogen-bond donors (Lipinski definition) is 0. The molecule has 0 aliphatic heterocycles. The van der Waals surface area contributed by atoms with Gasteiger partial charge < -0.3 is 4.74 Å². The van der Waals surface area contributed by atoms with Gasteiger partial charge >= 0.3 is 6.18 Å². The Morgan fingerprint density at radius 3 is 2.38 bits per heavy atom. The van der Waals surface area contributed by atoms with Crippen LogP contribution in [0.25, 0.3) is 0 Å². The summed E-state index contributed by atoms with van der Waals surface area (Å²) in [5.41, 5.74) is -0.472. The van der Waals surface area contributed by atoms with E-state index in [9.17, 15) is 13.2 Å². The highest BCUT2D eigenvalue weighted by Crippen LogP contribution is 2.48. The quantitative estimate of drug-likeness (QED) is 0.780. The molecule has 0 atom stereocenters. The maximum Gasteiger partial charge on any atom is 0.433 e. The highest BCUT2D eigenvalue weighted by Gasteiger charge is 2.47. The Morgan fingerprint density at radius 2 is 1.94 bits per heavy atom. The molecule has 1 fully saturated rings. The van der Waals surface area contributed by atoms with Crippen LogP contribution in [0.3, 0.4) is 0 Å². The molecule has 0 aromatic carbocycles. The largest absolute Gasteiger partial charge is 0.433 e. The third kappa shape index (κ3) is 1.91. The summed E-state index contributed by atoms with van der Waals surface area (Å²) in [6.07, 6.45) is -2.93. The van der Waals surface area contributed by atoms with Crippen molar-refractivity contribution in [3.8, 4) is 0 Å². The van der Waals surface area contributed by atoms with E-state index in [2.05, 4.69) is 4.98 Å². The van der Waals surface area contributed by atoms with Gasteiger partial charge in [0.25, 0.3) is 0 Å². The van der Waals surface area contributed by atoms with Crippen LogP contribution in [0.4, 0.5) is 13.2 Å². The van der Waals surface area contributed by atoms with Gasteiger partial charge in [-0.3, -0.25) is 0 Å². The molecule has 0 radical (unpaired) electrons. The highest BCUT2D eigenvalue weighted by molar-refractivity contribution is 5.28. The summed E-state index contributed by atoms with van der Waals surface area (Å²) >= 11 is 0. The number of aromatic nitrogens is 1. The lowest BCUT2D eigenvalue weighted by molar-refractivity contribution is -0.141. The molecule has 0 N–H and O–H groups in total. The summed E-state index contributed by atoms with van der Waals surface area (Å²) in [4.78, 5) is 3.66. The van der Waals surface area contributed by atoms with E-state index >= 15 is 0 Å². The van der Waals surface area contributed by atoms with Crippen LogP contribution in [0.5, 0.6) is 0 Å².